The number of ether oxygens (including phenoxy) is 1. The lowest BCUT2D eigenvalue weighted by Crippen LogP contribution is -2.03. The van der Waals surface area contributed by atoms with Gasteiger partial charge in [0, 0.05) is 16.7 Å². The Kier molecular flexibility index (Phi) is 5.08. The molecule has 0 fully saturated rings. The van der Waals surface area contributed by atoms with Gasteiger partial charge in [-0.2, -0.15) is 0 Å². The van der Waals surface area contributed by atoms with E-state index in [9.17, 15) is 5.11 Å². The highest BCUT2D eigenvalue weighted by Crippen LogP contribution is 2.37. The summed E-state index contributed by atoms with van der Waals surface area (Å²) in [6.45, 7) is 6.80. The van der Waals surface area contributed by atoms with Crippen LogP contribution >= 0.6 is 0 Å². The number of aromatic hydroxyl groups is 1. The minimum Gasteiger partial charge on any atom is -0.504 e. The summed E-state index contributed by atoms with van der Waals surface area (Å²) in [5.74, 6) is 1.37. The van der Waals surface area contributed by atoms with Gasteiger partial charge in [0.2, 0.25) is 0 Å². The Morgan fingerprint density at radius 2 is 1.86 bits per heavy atom. The summed E-state index contributed by atoms with van der Waals surface area (Å²) in [5, 5.41) is 14.2. The third-order valence-electron chi connectivity index (χ3n) is 4.93. The number of hydrogen-bond donors (Lipinski definition) is 1. The largest absolute Gasteiger partial charge is 0.504 e. The minimum absolute atomic E-state index is 0.119. The average Bonchev–Trinajstić information content (AvgIpc) is 3.29. The summed E-state index contributed by atoms with van der Waals surface area (Å²) in [6, 6.07) is 15.4. The van der Waals surface area contributed by atoms with Gasteiger partial charge in [-0.15, -0.1) is 0 Å². The zero-order valence-electron chi connectivity index (χ0n) is 16.7. The summed E-state index contributed by atoms with van der Waals surface area (Å²) in [4.78, 5) is 4.71. The number of aryl methyl sites for hydroxylation is 2. The van der Waals surface area contributed by atoms with Crippen molar-refractivity contribution in [3.05, 3.63) is 71.9 Å². The third kappa shape index (κ3) is 3.61. The van der Waals surface area contributed by atoms with Gasteiger partial charge in [0.1, 0.15) is 5.76 Å². The zero-order chi connectivity index (χ0) is 20.4. The van der Waals surface area contributed by atoms with Crippen molar-refractivity contribution >= 4 is 0 Å². The number of benzene rings is 2. The van der Waals surface area contributed by atoms with Crippen LogP contribution in [0.4, 0.5) is 0 Å². The van der Waals surface area contributed by atoms with E-state index in [1.54, 1.807) is 6.07 Å². The number of hydrogen-bond acceptors (Lipinski definition) is 5. The van der Waals surface area contributed by atoms with Crippen molar-refractivity contribution in [3.63, 3.8) is 0 Å². The standard InChI is InChI=1S/C23H23N3O3/c1-4-28-21-12-18(10-11-20(21)27)23-22(17-8-6-5-7-9-17)24-14-26(23)13-19-15(2)25-29-16(19)3/h5-12,14,27H,4,13H2,1-3H3. The average molecular weight is 389 g/mol. The molecule has 4 rings (SSSR count). The van der Waals surface area contributed by atoms with Crippen molar-refractivity contribution in [2.75, 3.05) is 6.61 Å². The molecule has 6 heteroatoms. The highest BCUT2D eigenvalue weighted by atomic mass is 16.5. The number of phenolic OH excluding ortho intramolecular Hbond substituents is 1. The normalized spacial score (nSPS) is 11.0. The minimum atomic E-state index is 0.119. The van der Waals surface area contributed by atoms with Gasteiger partial charge in [0.25, 0.3) is 0 Å². The quantitative estimate of drug-likeness (QED) is 0.504. The molecule has 2 aromatic heterocycles. The molecule has 2 aromatic carbocycles. The molecule has 0 bridgehead atoms. The predicted molar refractivity (Wildman–Crippen MR) is 111 cm³/mol. The van der Waals surface area contributed by atoms with Gasteiger partial charge < -0.3 is 18.9 Å². The maximum absolute atomic E-state index is 10.1. The van der Waals surface area contributed by atoms with E-state index in [0.29, 0.717) is 18.9 Å². The van der Waals surface area contributed by atoms with Gasteiger partial charge in [-0.25, -0.2) is 4.98 Å². The fourth-order valence-corrected chi connectivity index (χ4v) is 3.44. The van der Waals surface area contributed by atoms with E-state index in [2.05, 4.69) is 9.72 Å². The number of aromatic nitrogens is 3. The van der Waals surface area contributed by atoms with Gasteiger partial charge in [0.05, 0.1) is 36.6 Å². The number of phenols is 1. The number of imidazole rings is 1. The Morgan fingerprint density at radius 1 is 1.07 bits per heavy atom. The lowest BCUT2D eigenvalue weighted by molar-refractivity contribution is 0.318. The van der Waals surface area contributed by atoms with Gasteiger partial charge >= 0.3 is 0 Å². The Labute approximate surface area is 169 Å². The van der Waals surface area contributed by atoms with Crippen LogP contribution in [0.1, 0.15) is 23.9 Å². The summed E-state index contributed by atoms with van der Waals surface area (Å²) >= 11 is 0. The van der Waals surface area contributed by atoms with Crippen LogP contribution in [-0.4, -0.2) is 26.4 Å². The first kappa shape index (κ1) is 18.8. The van der Waals surface area contributed by atoms with Gasteiger partial charge in [-0.1, -0.05) is 35.5 Å². The molecule has 0 aliphatic carbocycles. The van der Waals surface area contributed by atoms with E-state index < -0.39 is 0 Å². The number of nitrogens with zero attached hydrogens (tertiary/aromatic N) is 3. The zero-order valence-corrected chi connectivity index (χ0v) is 16.7. The molecule has 6 nitrogen and oxygen atoms in total. The fraction of sp³-hybridized carbons (Fsp3) is 0.217. The smallest absolute Gasteiger partial charge is 0.161 e. The predicted octanol–water partition coefficient (Wildman–Crippen LogP) is 4.97. The van der Waals surface area contributed by atoms with Crippen LogP contribution in [0.15, 0.2) is 59.4 Å². The molecule has 0 atom stereocenters. The van der Waals surface area contributed by atoms with Crippen LogP contribution in [0, 0.1) is 13.8 Å². The molecule has 0 aliphatic rings. The fourth-order valence-electron chi connectivity index (χ4n) is 3.44. The monoisotopic (exact) mass is 389 g/mol. The molecule has 29 heavy (non-hydrogen) atoms. The molecule has 1 N–H and O–H groups in total. The summed E-state index contributed by atoms with van der Waals surface area (Å²) in [6.07, 6.45) is 1.83. The van der Waals surface area contributed by atoms with E-state index in [4.69, 9.17) is 14.2 Å². The first-order valence-corrected chi connectivity index (χ1v) is 9.57. The Bertz CT molecular complexity index is 1110. The van der Waals surface area contributed by atoms with Crippen molar-refractivity contribution in [1.29, 1.82) is 0 Å². The van der Waals surface area contributed by atoms with Crippen LogP contribution < -0.4 is 4.74 Å². The Hall–Kier alpha value is -3.54. The SMILES string of the molecule is CCOc1cc(-c2c(-c3ccccc3)ncn2Cc2c(C)noc2C)ccc1O. The summed E-state index contributed by atoms with van der Waals surface area (Å²) < 4.78 is 13.0. The summed E-state index contributed by atoms with van der Waals surface area (Å²) in [5.41, 5.74) is 5.64. The molecule has 0 aliphatic heterocycles. The van der Waals surface area contributed by atoms with E-state index in [1.165, 1.54) is 0 Å². The molecular weight excluding hydrogens is 366 g/mol. The first-order chi connectivity index (χ1) is 14.1. The molecule has 0 saturated heterocycles. The van der Waals surface area contributed by atoms with Crippen LogP contribution in [0.3, 0.4) is 0 Å². The number of rotatable bonds is 6. The molecule has 0 radical (unpaired) electrons. The van der Waals surface area contributed by atoms with Crippen LogP contribution in [0.25, 0.3) is 22.5 Å². The Morgan fingerprint density at radius 3 is 2.55 bits per heavy atom. The van der Waals surface area contributed by atoms with Crippen molar-refractivity contribution in [1.82, 2.24) is 14.7 Å². The van der Waals surface area contributed by atoms with Crippen molar-refractivity contribution < 1.29 is 14.4 Å². The maximum Gasteiger partial charge on any atom is 0.161 e. The lowest BCUT2D eigenvalue weighted by Gasteiger charge is -2.13. The third-order valence-corrected chi connectivity index (χ3v) is 4.93. The van der Waals surface area contributed by atoms with E-state index >= 15 is 0 Å². The first-order valence-electron chi connectivity index (χ1n) is 9.57. The maximum atomic E-state index is 10.1. The Balaban J connectivity index is 1.88. The van der Waals surface area contributed by atoms with Crippen molar-refractivity contribution in [3.8, 4) is 34.0 Å². The second kappa shape index (κ2) is 7.83. The van der Waals surface area contributed by atoms with Crippen LogP contribution in [0.2, 0.25) is 0 Å². The highest BCUT2D eigenvalue weighted by molar-refractivity contribution is 5.79. The van der Waals surface area contributed by atoms with E-state index in [0.717, 1.165) is 39.5 Å². The molecule has 4 aromatic rings. The van der Waals surface area contributed by atoms with E-state index in [1.807, 2.05) is 69.6 Å². The molecule has 0 saturated carbocycles. The highest BCUT2D eigenvalue weighted by Gasteiger charge is 2.19. The van der Waals surface area contributed by atoms with Crippen LogP contribution in [0.5, 0.6) is 11.5 Å². The lowest BCUT2D eigenvalue weighted by atomic mass is 10.0. The second-order valence-corrected chi connectivity index (χ2v) is 6.85. The molecule has 148 valence electrons. The van der Waals surface area contributed by atoms with Gasteiger partial charge in [-0.05, 0) is 39.0 Å². The second-order valence-electron chi connectivity index (χ2n) is 6.85. The molecule has 2 heterocycles. The van der Waals surface area contributed by atoms with Crippen LogP contribution in [-0.2, 0) is 6.54 Å². The van der Waals surface area contributed by atoms with Crippen molar-refractivity contribution in [2.45, 2.75) is 27.3 Å². The van der Waals surface area contributed by atoms with Gasteiger partial charge in [0.15, 0.2) is 11.5 Å². The molecule has 0 spiro atoms. The summed E-state index contributed by atoms with van der Waals surface area (Å²) in [7, 11) is 0. The van der Waals surface area contributed by atoms with E-state index in [-0.39, 0.29) is 5.75 Å². The van der Waals surface area contributed by atoms with Crippen molar-refractivity contribution in [2.24, 2.45) is 0 Å². The molecular formula is C23H23N3O3. The topological polar surface area (TPSA) is 73.3 Å². The van der Waals surface area contributed by atoms with Gasteiger partial charge in [-0.3, -0.25) is 0 Å². The molecule has 0 amide bonds. The molecule has 0 unspecified atom stereocenters.